The highest BCUT2D eigenvalue weighted by molar-refractivity contribution is 5.66. The van der Waals surface area contributed by atoms with E-state index < -0.39 is 6.09 Å². The number of carbonyl (C=O) groups is 1. The molecule has 0 radical (unpaired) electrons. The van der Waals surface area contributed by atoms with Gasteiger partial charge in [0.1, 0.15) is 0 Å². The van der Waals surface area contributed by atoms with E-state index in [0.717, 1.165) is 38.1 Å². The number of rotatable bonds is 3. The summed E-state index contributed by atoms with van der Waals surface area (Å²) in [6.45, 7) is 7.06. The summed E-state index contributed by atoms with van der Waals surface area (Å²) < 4.78 is 0. The first-order chi connectivity index (χ1) is 8.21. The third-order valence-electron chi connectivity index (χ3n) is 3.73. The van der Waals surface area contributed by atoms with Gasteiger partial charge in [-0.2, -0.15) is 0 Å². The Morgan fingerprint density at radius 3 is 2.00 bits per heavy atom. The van der Waals surface area contributed by atoms with E-state index in [0.29, 0.717) is 0 Å². The van der Waals surface area contributed by atoms with Crippen molar-refractivity contribution in [1.82, 2.24) is 9.80 Å². The number of hydrogen-bond donors (Lipinski definition) is 1. The fourth-order valence-corrected chi connectivity index (χ4v) is 3.09. The van der Waals surface area contributed by atoms with E-state index in [1.54, 1.807) is 4.90 Å². The van der Waals surface area contributed by atoms with Gasteiger partial charge < -0.3 is 14.9 Å². The van der Waals surface area contributed by atoms with E-state index in [4.69, 9.17) is 0 Å². The van der Waals surface area contributed by atoms with Crippen LogP contribution in [0.4, 0.5) is 4.79 Å². The molecule has 0 atom stereocenters. The van der Waals surface area contributed by atoms with Crippen LogP contribution in [0.1, 0.15) is 46.5 Å². The summed E-state index contributed by atoms with van der Waals surface area (Å²) in [7, 11) is 4.20. The van der Waals surface area contributed by atoms with Gasteiger partial charge in [0.25, 0.3) is 0 Å². The zero-order valence-electron chi connectivity index (χ0n) is 12.4. The van der Waals surface area contributed by atoms with Crippen molar-refractivity contribution in [2.24, 2.45) is 5.92 Å². The lowest BCUT2D eigenvalue weighted by atomic mass is 9.83. The van der Waals surface area contributed by atoms with Gasteiger partial charge in [0, 0.05) is 18.1 Å². The third-order valence-corrected chi connectivity index (χ3v) is 3.73. The van der Waals surface area contributed by atoms with E-state index in [9.17, 15) is 9.90 Å². The quantitative estimate of drug-likeness (QED) is 0.844. The first-order valence-electron chi connectivity index (χ1n) is 6.89. The highest BCUT2D eigenvalue weighted by atomic mass is 16.4. The van der Waals surface area contributed by atoms with Gasteiger partial charge in [0.15, 0.2) is 0 Å². The molecule has 1 aliphatic rings. The van der Waals surface area contributed by atoms with Crippen LogP contribution in [0.5, 0.6) is 0 Å². The molecule has 18 heavy (non-hydrogen) atoms. The molecule has 4 heteroatoms. The molecule has 0 saturated heterocycles. The van der Waals surface area contributed by atoms with Gasteiger partial charge >= 0.3 is 6.09 Å². The van der Waals surface area contributed by atoms with Crippen LogP contribution in [-0.2, 0) is 0 Å². The van der Waals surface area contributed by atoms with E-state index in [2.05, 4.69) is 19.0 Å². The number of amides is 1. The average Bonchev–Trinajstić information content (AvgIpc) is 2.17. The summed E-state index contributed by atoms with van der Waals surface area (Å²) in [5.41, 5.74) is -0.301. The normalized spacial score (nSPS) is 25.2. The zero-order chi connectivity index (χ0) is 13.9. The summed E-state index contributed by atoms with van der Waals surface area (Å²) in [4.78, 5) is 15.3. The monoisotopic (exact) mass is 256 g/mol. The topological polar surface area (TPSA) is 43.8 Å². The van der Waals surface area contributed by atoms with Crippen LogP contribution in [0.2, 0.25) is 0 Å². The van der Waals surface area contributed by atoms with Gasteiger partial charge in [-0.3, -0.25) is 0 Å². The van der Waals surface area contributed by atoms with E-state index >= 15 is 0 Å². The smallest absolute Gasteiger partial charge is 0.407 e. The Bertz CT molecular complexity index is 276. The minimum Gasteiger partial charge on any atom is -0.465 e. The Morgan fingerprint density at radius 1 is 1.17 bits per heavy atom. The maximum atomic E-state index is 11.4. The first-order valence-corrected chi connectivity index (χ1v) is 6.89. The molecule has 1 rings (SSSR count). The molecule has 1 N–H and O–H groups in total. The van der Waals surface area contributed by atoms with E-state index in [1.165, 1.54) is 0 Å². The third kappa shape index (κ3) is 4.16. The summed E-state index contributed by atoms with van der Waals surface area (Å²) in [6, 6.07) is 0.195. The summed E-state index contributed by atoms with van der Waals surface area (Å²) in [5, 5.41) is 9.39. The van der Waals surface area contributed by atoms with Crippen LogP contribution in [-0.4, -0.2) is 53.2 Å². The van der Waals surface area contributed by atoms with Crippen LogP contribution < -0.4 is 0 Å². The fourth-order valence-electron chi connectivity index (χ4n) is 3.09. The molecule has 0 spiro atoms. The van der Waals surface area contributed by atoms with Crippen molar-refractivity contribution in [3.05, 3.63) is 0 Å². The van der Waals surface area contributed by atoms with Crippen LogP contribution in [0.15, 0.2) is 0 Å². The Hall–Kier alpha value is -0.770. The maximum Gasteiger partial charge on any atom is 0.407 e. The number of hydrogen-bond acceptors (Lipinski definition) is 2. The molecule has 1 aliphatic carbocycles. The summed E-state index contributed by atoms with van der Waals surface area (Å²) in [5.74, 6) is 0.729. The van der Waals surface area contributed by atoms with Crippen LogP contribution >= 0.6 is 0 Å². The zero-order valence-corrected chi connectivity index (χ0v) is 12.4. The van der Waals surface area contributed by atoms with Gasteiger partial charge in [-0.1, -0.05) is 0 Å². The Balaban J connectivity index is 2.57. The molecule has 0 aliphatic heterocycles. The average molecular weight is 256 g/mol. The minimum absolute atomic E-state index is 0.195. The standard InChI is InChI=1S/C14H28N2O2/c1-14(2,3)16(13(17)18)12-8-6-11(7-9-12)10-15(4)5/h11-12H,6-10H2,1-5H3,(H,17,18). The lowest BCUT2D eigenvalue weighted by Crippen LogP contribution is -2.52. The lowest BCUT2D eigenvalue weighted by Gasteiger charge is -2.43. The lowest BCUT2D eigenvalue weighted by molar-refractivity contribution is 0.0483. The molecule has 1 amide bonds. The highest BCUT2D eigenvalue weighted by Crippen LogP contribution is 2.31. The molecule has 1 saturated carbocycles. The Kier molecular flexibility index (Phi) is 5.02. The summed E-state index contributed by atoms with van der Waals surface area (Å²) >= 11 is 0. The number of nitrogens with zero attached hydrogens (tertiary/aromatic N) is 2. The molecule has 1 fully saturated rings. The first kappa shape index (κ1) is 15.3. The number of carboxylic acid groups (broad SMARTS) is 1. The van der Waals surface area contributed by atoms with Gasteiger partial charge in [-0.05, 0) is 66.5 Å². The second-order valence-corrected chi connectivity index (χ2v) is 6.76. The molecule has 0 aromatic heterocycles. The summed E-state index contributed by atoms with van der Waals surface area (Å²) in [6.07, 6.45) is 3.51. The molecular weight excluding hydrogens is 228 g/mol. The molecule has 0 heterocycles. The predicted octanol–water partition coefficient (Wildman–Crippen LogP) is 2.89. The Morgan fingerprint density at radius 2 is 1.67 bits per heavy atom. The van der Waals surface area contributed by atoms with Crippen molar-refractivity contribution in [3.63, 3.8) is 0 Å². The second kappa shape index (κ2) is 5.91. The van der Waals surface area contributed by atoms with Crippen molar-refractivity contribution in [2.45, 2.75) is 58.0 Å². The molecule has 0 aromatic rings. The molecule has 0 aromatic carbocycles. The second-order valence-electron chi connectivity index (χ2n) is 6.76. The van der Waals surface area contributed by atoms with Gasteiger partial charge in [-0.25, -0.2) is 4.79 Å². The van der Waals surface area contributed by atoms with Gasteiger partial charge in [-0.15, -0.1) is 0 Å². The highest BCUT2D eigenvalue weighted by Gasteiger charge is 2.35. The molecule has 4 nitrogen and oxygen atoms in total. The largest absolute Gasteiger partial charge is 0.465 e. The van der Waals surface area contributed by atoms with Crippen molar-refractivity contribution in [2.75, 3.05) is 20.6 Å². The van der Waals surface area contributed by atoms with Crippen LogP contribution in [0.25, 0.3) is 0 Å². The maximum absolute atomic E-state index is 11.4. The van der Waals surface area contributed by atoms with E-state index in [1.807, 2.05) is 20.8 Å². The predicted molar refractivity (Wildman–Crippen MR) is 73.9 cm³/mol. The van der Waals surface area contributed by atoms with Crippen molar-refractivity contribution < 1.29 is 9.90 Å². The molecular formula is C14H28N2O2. The molecule has 0 bridgehead atoms. The van der Waals surface area contributed by atoms with Crippen LogP contribution in [0.3, 0.4) is 0 Å². The van der Waals surface area contributed by atoms with Crippen molar-refractivity contribution in [1.29, 1.82) is 0 Å². The Labute approximate surface area is 111 Å². The molecule has 0 unspecified atom stereocenters. The fraction of sp³-hybridized carbons (Fsp3) is 0.929. The minimum atomic E-state index is -0.779. The van der Waals surface area contributed by atoms with Crippen molar-refractivity contribution >= 4 is 6.09 Å². The molecule has 106 valence electrons. The van der Waals surface area contributed by atoms with Gasteiger partial charge in [0.05, 0.1) is 0 Å². The van der Waals surface area contributed by atoms with Crippen molar-refractivity contribution in [3.8, 4) is 0 Å². The van der Waals surface area contributed by atoms with E-state index in [-0.39, 0.29) is 11.6 Å². The van der Waals surface area contributed by atoms with Crippen LogP contribution in [0, 0.1) is 5.92 Å². The SMILES string of the molecule is CN(C)CC1CCC(N(C(=O)O)C(C)(C)C)CC1. The van der Waals surface area contributed by atoms with Gasteiger partial charge in [0.2, 0.25) is 0 Å².